The van der Waals surface area contributed by atoms with E-state index < -0.39 is 0 Å². The molecule has 0 radical (unpaired) electrons. The summed E-state index contributed by atoms with van der Waals surface area (Å²) in [6.07, 6.45) is 5.53. The third-order valence-electron chi connectivity index (χ3n) is 5.61. The van der Waals surface area contributed by atoms with Crippen LogP contribution in [0.5, 0.6) is 5.75 Å². The monoisotopic (exact) mass is 374 g/mol. The van der Waals surface area contributed by atoms with Crippen molar-refractivity contribution in [2.45, 2.75) is 39.0 Å². The van der Waals surface area contributed by atoms with Crippen molar-refractivity contribution in [1.29, 1.82) is 0 Å². The predicted molar refractivity (Wildman–Crippen MR) is 107 cm³/mol. The van der Waals surface area contributed by atoms with Gasteiger partial charge in [0.25, 0.3) is 0 Å². The summed E-state index contributed by atoms with van der Waals surface area (Å²) in [5, 5.41) is 0. The van der Waals surface area contributed by atoms with E-state index in [9.17, 15) is 4.79 Å². The fourth-order valence-electron chi connectivity index (χ4n) is 3.89. The zero-order valence-electron chi connectivity index (χ0n) is 16.7. The van der Waals surface area contributed by atoms with Crippen molar-refractivity contribution in [3.63, 3.8) is 0 Å². The van der Waals surface area contributed by atoms with Crippen molar-refractivity contribution in [2.75, 3.05) is 52.5 Å². The van der Waals surface area contributed by atoms with E-state index in [0.29, 0.717) is 6.61 Å². The maximum absolute atomic E-state index is 13.2. The van der Waals surface area contributed by atoms with Crippen LogP contribution in [0.1, 0.15) is 38.2 Å². The summed E-state index contributed by atoms with van der Waals surface area (Å²) in [5.74, 6) is 1.13. The van der Waals surface area contributed by atoms with Crippen LogP contribution in [0.25, 0.3) is 0 Å². The smallest absolute Gasteiger partial charge is 0.229 e. The molecule has 2 aliphatic heterocycles. The first-order valence-corrected chi connectivity index (χ1v) is 10.6. The first kappa shape index (κ1) is 20.2. The summed E-state index contributed by atoms with van der Waals surface area (Å²) in [4.78, 5) is 17.7. The number of nitrogens with zero attached hydrogens (tertiary/aromatic N) is 2. The first-order chi connectivity index (χ1) is 13.3. The first-order valence-electron chi connectivity index (χ1n) is 10.6. The zero-order chi connectivity index (χ0) is 18.9. The average molecular weight is 375 g/mol. The Kier molecular flexibility index (Phi) is 7.96. The molecule has 5 heteroatoms. The Morgan fingerprint density at radius 3 is 2.78 bits per heavy atom. The minimum absolute atomic E-state index is 0.0595. The Morgan fingerprint density at radius 1 is 1.15 bits per heavy atom. The third-order valence-corrected chi connectivity index (χ3v) is 5.61. The molecule has 1 unspecified atom stereocenters. The topological polar surface area (TPSA) is 42.0 Å². The summed E-state index contributed by atoms with van der Waals surface area (Å²) in [7, 11) is 0. The van der Waals surface area contributed by atoms with Crippen molar-refractivity contribution in [2.24, 2.45) is 5.92 Å². The summed E-state index contributed by atoms with van der Waals surface area (Å²) in [6, 6.07) is 8.09. The molecule has 1 atom stereocenters. The van der Waals surface area contributed by atoms with Crippen LogP contribution in [0.2, 0.25) is 0 Å². The van der Waals surface area contributed by atoms with Gasteiger partial charge in [-0.25, -0.2) is 0 Å². The van der Waals surface area contributed by atoms with Crippen LogP contribution < -0.4 is 4.74 Å². The highest BCUT2D eigenvalue weighted by atomic mass is 16.5. The van der Waals surface area contributed by atoms with Gasteiger partial charge in [-0.1, -0.05) is 44.4 Å². The van der Waals surface area contributed by atoms with Gasteiger partial charge < -0.3 is 14.4 Å². The van der Waals surface area contributed by atoms with Gasteiger partial charge in [0.15, 0.2) is 0 Å². The van der Waals surface area contributed by atoms with Crippen molar-refractivity contribution < 1.29 is 14.3 Å². The lowest BCUT2D eigenvalue weighted by molar-refractivity contribution is -0.137. The molecule has 150 valence electrons. The molecule has 0 spiro atoms. The molecule has 1 fully saturated rings. The summed E-state index contributed by atoms with van der Waals surface area (Å²) < 4.78 is 11.3. The molecule has 1 aromatic rings. The number of fused-ring (bicyclic) bond motifs is 1. The van der Waals surface area contributed by atoms with Gasteiger partial charge in [-0.3, -0.25) is 9.69 Å². The highest BCUT2D eigenvalue weighted by molar-refractivity contribution is 5.79. The van der Waals surface area contributed by atoms with E-state index in [1.54, 1.807) is 0 Å². The lowest BCUT2D eigenvalue weighted by Gasteiger charge is -2.33. The number of unbranched alkanes of at least 4 members (excludes halogenated alkanes) is 3. The normalized spacial score (nSPS) is 20.0. The minimum Gasteiger partial charge on any atom is -0.492 e. The van der Waals surface area contributed by atoms with Gasteiger partial charge in [0.1, 0.15) is 12.4 Å². The van der Waals surface area contributed by atoms with Crippen molar-refractivity contribution in [1.82, 2.24) is 9.80 Å². The number of morpholine rings is 1. The number of carbonyl (C=O) groups is 1. The Hall–Kier alpha value is -1.59. The highest BCUT2D eigenvalue weighted by Crippen LogP contribution is 2.27. The second-order valence-corrected chi connectivity index (χ2v) is 7.66. The van der Waals surface area contributed by atoms with E-state index in [1.165, 1.54) is 19.3 Å². The van der Waals surface area contributed by atoms with Crippen molar-refractivity contribution in [3.05, 3.63) is 29.8 Å². The summed E-state index contributed by atoms with van der Waals surface area (Å²) >= 11 is 0. The standard InChI is InChI=1S/C22H34N2O3/c1-2-3-4-7-10-24(12-11-23-13-15-26-16-14-23)22(25)20-17-19-8-5-6-9-21(19)27-18-20/h5-6,8-9,20H,2-4,7,10-18H2,1H3. The minimum atomic E-state index is -0.0595. The number of rotatable bonds is 9. The van der Waals surface area contributed by atoms with Crippen LogP contribution in [-0.4, -0.2) is 68.3 Å². The molecule has 2 aliphatic rings. The number of ether oxygens (including phenoxy) is 2. The number of hydrogen-bond acceptors (Lipinski definition) is 4. The van der Waals surface area contributed by atoms with E-state index in [0.717, 1.165) is 70.1 Å². The van der Waals surface area contributed by atoms with Crippen molar-refractivity contribution >= 4 is 5.91 Å². The lowest BCUT2D eigenvalue weighted by atomic mass is 9.95. The molecule has 5 nitrogen and oxygen atoms in total. The van der Waals surface area contributed by atoms with Crippen LogP contribution in [0.15, 0.2) is 24.3 Å². The van der Waals surface area contributed by atoms with Crippen LogP contribution in [-0.2, 0) is 16.0 Å². The van der Waals surface area contributed by atoms with E-state index in [4.69, 9.17) is 9.47 Å². The fourth-order valence-corrected chi connectivity index (χ4v) is 3.89. The van der Waals surface area contributed by atoms with Crippen LogP contribution >= 0.6 is 0 Å². The van der Waals surface area contributed by atoms with E-state index in [1.807, 2.05) is 18.2 Å². The molecule has 3 rings (SSSR count). The molecule has 27 heavy (non-hydrogen) atoms. The quantitative estimate of drug-likeness (QED) is 0.623. The highest BCUT2D eigenvalue weighted by Gasteiger charge is 2.29. The number of amides is 1. The second kappa shape index (κ2) is 10.7. The maximum atomic E-state index is 13.2. The van der Waals surface area contributed by atoms with Crippen LogP contribution in [0.3, 0.4) is 0 Å². The Bertz CT molecular complexity index is 587. The molecule has 2 heterocycles. The number of benzene rings is 1. The number of para-hydroxylation sites is 1. The Morgan fingerprint density at radius 2 is 1.96 bits per heavy atom. The van der Waals surface area contributed by atoms with Gasteiger partial charge in [0, 0.05) is 32.7 Å². The van der Waals surface area contributed by atoms with Gasteiger partial charge in [-0.2, -0.15) is 0 Å². The summed E-state index contributed by atoms with van der Waals surface area (Å²) in [6.45, 7) is 8.87. The fraction of sp³-hybridized carbons (Fsp3) is 0.682. The summed E-state index contributed by atoms with van der Waals surface area (Å²) in [5.41, 5.74) is 1.15. The van der Waals surface area contributed by atoms with Crippen LogP contribution in [0.4, 0.5) is 0 Å². The molecule has 0 aromatic heterocycles. The molecule has 1 saturated heterocycles. The molecule has 1 aromatic carbocycles. The number of hydrogen-bond donors (Lipinski definition) is 0. The van der Waals surface area contributed by atoms with Crippen LogP contribution in [0, 0.1) is 5.92 Å². The average Bonchev–Trinajstić information content (AvgIpc) is 2.73. The Labute approximate surface area is 163 Å². The van der Waals surface area contributed by atoms with Gasteiger partial charge in [0.05, 0.1) is 19.1 Å². The maximum Gasteiger partial charge on any atom is 0.229 e. The molecule has 0 aliphatic carbocycles. The van der Waals surface area contributed by atoms with E-state index >= 15 is 0 Å². The van der Waals surface area contributed by atoms with Gasteiger partial charge in [0.2, 0.25) is 5.91 Å². The predicted octanol–water partition coefficient (Wildman–Crippen LogP) is 2.98. The lowest BCUT2D eigenvalue weighted by Crippen LogP contribution is -2.46. The van der Waals surface area contributed by atoms with E-state index in [2.05, 4.69) is 22.8 Å². The zero-order valence-corrected chi connectivity index (χ0v) is 16.7. The van der Waals surface area contributed by atoms with Gasteiger partial charge in [-0.15, -0.1) is 0 Å². The molecular formula is C22H34N2O3. The van der Waals surface area contributed by atoms with Gasteiger partial charge in [-0.05, 0) is 24.5 Å². The number of carbonyl (C=O) groups excluding carboxylic acids is 1. The molecule has 1 amide bonds. The third kappa shape index (κ3) is 5.94. The molecule has 0 N–H and O–H groups in total. The SMILES string of the molecule is CCCCCCN(CCN1CCOCC1)C(=O)C1COc2ccccc2C1. The largest absolute Gasteiger partial charge is 0.492 e. The molecule has 0 saturated carbocycles. The van der Waals surface area contributed by atoms with E-state index in [-0.39, 0.29) is 11.8 Å². The molecule has 0 bridgehead atoms. The molecular weight excluding hydrogens is 340 g/mol. The Balaban J connectivity index is 1.57. The van der Waals surface area contributed by atoms with Gasteiger partial charge >= 0.3 is 0 Å². The van der Waals surface area contributed by atoms with Crippen molar-refractivity contribution in [3.8, 4) is 5.75 Å². The second-order valence-electron chi connectivity index (χ2n) is 7.66.